The van der Waals surface area contributed by atoms with Crippen LogP contribution in [0.3, 0.4) is 0 Å². The van der Waals surface area contributed by atoms with E-state index in [4.69, 9.17) is 4.99 Å². The molecule has 1 aliphatic rings. The van der Waals surface area contributed by atoms with Crippen LogP contribution in [0, 0.1) is 0 Å². The van der Waals surface area contributed by atoms with Crippen molar-refractivity contribution in [1.82, 2.24) is 10.6 Å². The van der Waals surface area contributed by atoms with Gasteiger partial charge in [-0.1, -0.05) is 36.8 Å². The summed E-state index contributed by atoms with van der Waals surface area (Å²) < 4.78 is 0. The molecule has 142 valence electrons. The molecule has 0 saturated heterocycles. The van der Waals surface area contributed by atoms with Crippen LogP contribution in [0.25, 0.3) is 0 Å². The lowest BCUT2D eigenvalue weighted by molar-refractivity contribution is 0.120. The van der Waals surface area contributed by atoms with Crippen LogP contribution in [0.1, 0.15) is 57.4 Å². The quantitative estimate of drug-likeness (QED) is 0.240. The summed E-state index contributed by atoms with van der Waals surface area (Å²) >= 11 is 0. The maximum atomic E-state index is 9.60. The lowest BCUT2D eigenvalue weighted by atomic mass is 9.93. The number of unbranched alkanes of at least 4 members (excludes halogenated alkanes) is 2. The Morgan fingerprint density at radius 1 is 1.08 bits per heavy atom. The maximum Gasteiger partial charge on any atom is 0.191 e. The average Bonchev–Trinajstić information content (AvgIpc) is 2.61. The number of guanidine groups is 1. The van der Waals surface area contributed by atoms with E-state index in [0.717, 1.165) is 57.6 Å². The highest BCUT2D eigenvalue weighted by Crippen LogP contribution is 2.18. The minimum absolute atomic E-state index is 0. The van der Waals surface area contributed by atoms with Crippen LogP contribution in [0.5, 0.6) is 0 Å². The number of nitrogens with zero attached hydrogens (tertiary/aromatic N) is 1. The fraction of sp³-hybridized carbons (Fsp3) is 0.650. The van der Waals surface area contributed by atoms with E-state index >= 15 is 0 Å². The van der Waals surface area contributed by atoms with Crippen LogP contribution in [-0.2, 0) is 6.42 Å². The van der Waals surface area contributed by atoms with Gasteiger partial charge >= 0.3 is 0 Å². The second kappa shape index (κ2) is 13.4. The van der Waals surface area contributed by atoms with Crippen molar-refractivity contribution in [1.29, 1.82) is 0 Å². The number of aliphatic imine (C=N–C) groups is 1. The summed E-state index contributed by atoms with van der Waals surface area (Å²) in [6.45, 7) is 3.86. The topological polar surface area (TPSA) is 56.7 Å². The first-order valence-electron chi connectivity index (χ1n) is 9.54. The number of rotatable bonds is 8. The van der Waals surface area contributed by atoms with Crippen molar-refractivity contribution < 1.29 is 5.11 Å². The Bertz CT molecular complexity index is 473. The number of hydrogen-bond acceptors (Lipinski definition) is 2. The highest BCUT2D eigenvalue weighted by atomic mass is 127. The van der Waals surface area contributed by atoms with Gasteiger partial charge in [-0.25, -0.2) is 0 Å². The smallest absolute Gasteiger partial charge is 0.191 e. The molecule has 0 aromatic heterocycles. The predicted octanol–water partition coefficient (Wildman–Crippen LogP) is 3.88. The lowest BCUT2D eigenvalue weighted by Gasteiger charge is -2.27. The van der Waals surface area contributed by atoms with E-state index in [2.05, 4.69) is 47.9 Å². The minimum atomic E-state index is -0.104. The predicted molar refractivity (Wildman–Crippen MR) is 117 cm³/mol. The van der Waals surface area contributed by atoms with E-state index in [0.29, 0.717) is 6.04 Å². The van der Waals surface area contributed by atoms with E-state index in [9.17, 15) is 5.11 Å². The summed E-state index contributed by atoms with van der Waals surface area (Å²) in [5, 5.41) is 16.5. The van der Waals surface area contributed by atoms with Crippen LogP contribution in [0.15, 0.2) is 35.3 Å². The van der Waals surface area contributed by atoms with Gasteiger partial charge in [-0.05, 0) is 57.4 Å². The molecule has 0 amide bonds. The Hall–Kier alpha value is -0.820. The minimum Gasteiger partial charge on any atom is -0.393 e. The Balaban J connectivity index is 0.00000312. The first-order chi connectivity index (χ1) is 11.8. The zero-order chi connectivity index (χ0) is 17.0. The number of aliphatic hydroxyl groups excluding tert-OH is 1. The van der Waals surface area contributed by atoms with Crippen LogP contribution in [-0.4, -0.2) is 36.3 Å². The molecule has 0 radical (unpaired) electrons. The van der Waals surface area contributed by atoms with E-state index in [-0.39, 0.29) is 30.1 Å². The second-order valence-corrected chi connectivity index (χ2v) is 6.71. The van der Waals surface area contributed by atoms with Crippen molar-refractivity contribution in [3.05, 3.63) is 35.9 Å². The van der Waals surface area contributed by atoms with E-state index in [1.807, 2.05) is 0 Å². The van der Waals surface area contributed by atoms with Crippen molar-refractivity contribution in [2.75, 3.05) is 13.1 Å². The molecule has 0 atom stereocenters. The van der Waals surface area contributed by atoms with Gasteiger partial charge in [-0.15, -0.1) is 24.0 Å². The summed E-state index contributed by atoms with van der Waals surface area (Å²) in [5.74, 6) is 0.932. The summed E-state index contributed by atoms with van der Waals surface area (Å²) in [6.07, 6.45) is 8.49. The van der Waals surface area contributed by atoms with Gasteiger partial charge in [-0.3, -0.25) is 4.99 Å². The molecule has 25 heavy (non-hydrogen) atoms. The Morgan fingerprint density at radius 3 is 2.48 bits per heavy atom. The van der Waals surface area contributed by atoms with Crippen LogP contribution < -0.4 is 10.6 Å². The van der Waals surface area contributed by atoms with Crippen molar-refractivity contribution in [3.8, 4) is 0 Å². The van der Waals surface area contributed by atoms with Gasteiger partial charge in [0, 0.05) is 19.1 Å². The van der Waals surface area contributed by atoms with Gasteiger partial charge in [0.15, 0.2) is 5.96 Å². The van der Waals surface area contributed by atoms with Crippen molar-refractivity contribution in [2.45, 2.75) is 70.4 Å². The molecule has 1 aromatic rings. The third-order valence-corrected chi connectivity index (χ3v) is 4.62. The van der Waals surface area contributed by atoms with Gasteiger partial charge in [0.05, 0.1) is 6.10 Å². The summed E-state index contributed by atoms with van der Waals surface area (Å²) in [6, 6.07) is 11.1. The third kappa shape index (κ3) is 9.45. The number of nitrogens with one attached hydrogen (secondary N) is 2. The molecule has 0 bridgehead atoms. The third-order valence-electron chi connectivity index (χ3n) is 4.62. The monoisotopic (exact) mass is 459 g/mol. The highest BCUT2D eigenvalue weighted by molar-refractivity contribution is 14.0. The Labute approximate surface area is 169 Å². The number of aryl methyl sites for hydroxylation is 1. The van der Waals surface area contributed by atoms with E-state index < -0.39 is 0 Å². The Kier molecular flexibility index (Phi) is 11.9. The first kappa shape index (κ1) is 22.2. The first-order valence-corrected chi connectivity index (χ1v) is 9.54. The van der Waals surface area contributed by atoms with Gasteiger partial charge in [0.2, 0.25) is 0 Å². The molecule has 0 aliphatic heterocycles. The molecule has 1 aliphatic carbocycles. The molecular weight excluding hydrogens is 425 g/mol. The molecule has 1 saturated carbocycles. The average molecular weight is 459 g/mol. The van der Waals surface area contributed by atoms with Crippen molar-refractivity contribution >= 4 is 29.9 Å². The largest absolute Gasteiger partial charge is 0.393 e. The van der Waals surface area contributed by atoms with Crippen LogP contribution >= 0.6 is 24.0 Å². The molecule has 1 aromatic carbocycles. The molecule has 0 spiro atoms. The van der Waals surface area contributed by atoms with Crippen molar-refractivity contribution in [2.24, 2.45) is 4.99 Å². The summed E-state index contributed by atoms with van der Waals surface area (Å²) in [5.41, 5.74) is 1.43. The number of hydrogen-bond donors (Lipinski definition) is 3. The molecule has 0 unspecified atom stereocenters. The standard InChI is InChI=1S/C20H33N3O.HI/c1-2-21-20(23-18-12-14-19(24)15-13-18)22-16-8-4-7-11-17-9-5-3-6-10-17;/h3,5-6,9-10,18-19,24H,2,4,7-8,11-16H2,1H3,(H2,21,22,23);1H. The number of benzene rings is 1. The van der Waals surface area contributed by atoms with Gasteiger partial charge in [0.25, 0.3) is 0 Å². The summed E-state index contributed by atoms with van der Waals surface area (Å²) in [4.78, 5) is 4.70. The zero-order valence-corrected chi connectivity index (χ0v) is 17.7. The normalized spacial score (nSPS) is 20.6. The second-order valence-electron chi connectivity index (χ2n) is 6.71. The zero-order valence-electron chi connectivity index (χ0n) is 15.4. The SMILES string of the molecule is CCNC(=NCCCCCc1ccccc1)NC1CCC(O)CC1.I. The molecule has 2 rings (SSSR count). The molecule has 0 heterocycles. The highest BCUT2D eigenvalue weighted by Gasteiger charge is 2.19. The fourth-order valence-corrected chi connectivity index (χ4v) is 3.19. The number of halogens is 1. The van der Waals surface area contributed by atoms with Gasteiger partial charge in [0.1, 0.15) is 0 Å². The molecule has 5 heteroatoms. The van der Waals surface area contributed by atoms with Gasteiger partial charge in [-0.2, -0.15) is 0 Å². The summed E-state index contributed by atoms with van der Waals surface area (Å²) in [7, 11) is 0. The molecular formula is C20H34IN3O. The molecule has 1 fully saturated rings. The van der Waals surface area contributed by atoms with Crippen LogP contribution in [0.2, 0.25) is 0 Å². The Morgan fingerprint density at radius 2 is 1.80 bits per heavy atom. The van der Waals surface area contributed by atoms with E-state index in [1.165, 1.54) is 18.4 Å². The lowest BCUT2D eigenvalue weighted by Crippen LogP contribution is -2.45. The van der Waals surface area contributed by atoms with Crippen molar-refractivity contribution in [3.63, 3.8) is 0 Å². The fourth-order valence-electron chi connectivity index (χ4n) is 3.19. The van der Waals surface area contributed by atoms with Crippen LogP contribution in [0.4, 0.5) is 0 Å². The molecule has 3 N–H and O–H groups in total. The molecule has 4 nitrogen and oxygen atoms in total. The maximum absolute atomic E-state index is 9.60. The number of aliphatic hydroxyl groups is 1. The van der Waals surface area contributed by atoms with E-state index in [1.54, 1.807) is 0 Å². The van der Waals surface area contributed by atoms with Gasteiger partial charge < -0.3 is 15.7 Å².